The van der Waals surface area contributed by atoms with E-state index >= 15 is 0 Å². The van der Waals surface area contributed by atoms with Crippen molar-refractivity contribution in [1.82, 2.24) is 14.9 Å². The van der Waals surface area contributed by atoms with Crippen LogP contribution in [0.1, 0.15) is 12.8 Å². The van der Waals surface area contributed by atoms with Crippen molar-refractivity contribution >= 4 is 11.6 Å². The van der Waals surface area contributed by atoms with Crippen molar-refractivity contribution in [2.24, 2.45) is 0 Å². The maximum atomic E-state index is 12.8. The van der Waals surface area contributed by atoms with Crippen LogP contribution in [0.4, 0.5) is 24.8 Å². The molecule has 0 saturated carbocycles. The average molecular weight is 371 g/mol. The van der Waals surface area contributed by atoms with E-state index in [1.165, 1.54) is 12.4 Å². The maximum Gasteiger partial charge on any atom is 0.412 e. The van der Waals surface area contributed by atoms with Gasteiger partial charge in [0.25, 0.3) is 0 Å². The Kier molecular flexibility index (Phi) is 5.38. The van der Waals surface area contributed by atoms with Gasteiger partial charge in [0.1, 0.15) is 18.0 Å². The van der Waals surface area contributed by atoms with E-state index in [1.807, 2.05) is 19.0 Å². The molecule has 3 rings (SSSR count). The Hall–Kier alpha value is -1.87. The largest absolute Gasteiger partial charge is 0.412 e. The molecule has 0 bridgehead atoms. The Labute approximate surface area is 150 Å². The Morgan fingerprint density at radius 1 is 1.27 bits per heavy atom. The summed E-state index contributed by atoms with van der Waals surface area (Å²) in [6.45, 7) is 1.73. The first-order valence-electron chi connectivity index (χ1n) is 8.66. The van der Waals surface area contributed by atoms with Crippen molar-refractivity contribution in [2.45, 2.75) is 31.2 Å². The number of nitrogens with zero attached hydrogens (tertiary/aromatic N) is 5. The molecule has 0 spiro atoms. The molecule has 2 aliphatic heterocycles. The van der Waals surface area contributed by atoms with Gasteiger partial charge in [0.15, 0.2) is 0 Å². The SMILES string of the molecule is CN(C)C[C@H]1C[C@@H](O)CN1c1cc(N2CC=C(C(F)(F)F)CC2)ncn1. The van der Waals surface area contributed by atoms with Crippen LogP contribution in [0.15, 0.2) is 24.0 Å². The smallest absolute Gasteiger partial charge is 0.391 e. The van der Waals surface area contributed by atoms with Crippen molar-refractivity contribution < 1.29 is 18.3 Å². The van der Waals surface area contributed by atoms with E-state index in [-0.39, 0.29) is 25.6 Å². The van der Waals surface area contributed by atoms with Crippen LogP contribution in [0.2, 0.25) is 0 Å². The molecule has 9 heteroatoms. The van der Waals surface area contributed by atoms with Crippen molar-refractivity contribution in [3.05, 3.63) is 24.0 Å². The molecule has 3 heterocycles. The van der Waals surface area contributed by atoms with Gasteiger partial charge < -0.3 is 19.8 Å². The fourth-order valence-corrected chi connectivity index (χ4v) is 3.57. The van der Waals surface area contributed by atoms with E-state index in [0.29, 0.717) is 24.6 Å². The fourth-order valence-electron chi connectivity index (χ4n) is 3.57. The van der Waals surface area contributed by atoms with Crippen LogP contribution in [-0.4, -0.2) is 78.6 Å². The zero-order valence-electron chi connectivity index (χ0n) is 14.9. The standard InChI is InChI=1S/C17H24F3N5O/c1-23(2)9-13-7-14(26)10-25(13)16-8-15(21-11-22-16)24-5-3-12(4-6-24)17(18,19)20/h3,8,11,13-14,26H,4-7,9-10H2,1-2H3/t13-,14-/m1/s1. The number of aliphatic hydroxyl groups is 1. The number of rotatable bonds is 4. The van der Waals surface area contributed by atoms with Crippen molar-refractivity contribution in [3.8, 4) is 0 Å². The molecule has 0 amide bonds. The molecule has 0 unspecified atom stereocenters. The maximum absolute atomic E-state index is 12.8. The van der Waals surface area contributed by atoms with Gasteiger partial charge in [0.2, 0.25) is 0 Å². The molecule has 1 aromatic heterocycles. The molecule has 1 fully saturated rings. The summed E-state index contributed by atoms with van der Waals surface area (Å²) in [6.07, 6.45) is -1.39. The van der Waals surface area contributed by atoms with Crippen molar-refractivity contribution in [1.29, 1.82) is 0 Å². The molecule has 1 N–H and O–H groups in total. The van der Waals surface area contributed by atoms with Gasteiger partial charge in [-0.1, -0.05) is 6.08 Å². The second kappa shape index (κ2) is 7.40. The minimum atomic E-state index is -4.26. The normalized spacial score (nSPS) is 24.3. The number of aromatic nitrogens is 2. The molecule has 26 heavy (non-hydrogen) atoms. The average Bonchev–Trinajstić information content (AvgIpc) is 2.94. The van der Waals surface area contributed by atoms with Crippen LogP contribution in [0.25, 0.3) is 0 Å². The van der Waals surface area contributed by atoms with Gasteiger partial charge in [-0.2, -0.15) is 13.2 Å². The van der Waals surface area contributed by atoms with Gasteiger partial charge in [-0.3, -0.25) is 0 Å². The Bertz CT molecular complexity index is 664. The van der Waals surface area contributed by atoms with Gasteiger partial charge in [0, 0.05) is 43.9 Å². The van der Waals surface area contributed by atoms with E-state index in [2.05, 4.69) is 19.8 Å². The van der Waals surface area contributed by atoms with Crippen LogP contribution < -0.4 is 9.80 Å². The Balaban J connectivity index is 1.76. The molecule has 2 atom stereocenters. The minimum Gasteiger partial charge on any atom is -0.391 e. The van der Waals surface area contributed by atoms with E-state index in [0.717, 1.165) is 6.54 Å². The van der Waals surface area contributed by atoms with Crippen LogP contribution in [0, 0.1) is 0 Å². The zero-order chi connectivity index (χ0) is 18.9. The summed E-state index contributed by atoms with van der Waals surface area (Å²) in [5.41, 5.74) is -0.475. The fraction of sp³-hybridized carbons (Fsp3) is 0.647. The van der Waals surface area contributed by atoms with Crippen molar-refractivity contribution in [3.63, 3.8) is 0 Å². The van der Waals surface area contributed by atoms with E-state index in [4.69, 9.17) is 0 Å². The molecule has 1 saturated heterocycles. The molecule has 6 nitrogen and oxygen atoms in total. The molecule has 2 aliphatic rings. The first kappa shape index (κ1) is 18.9. The Morgan fingerprint density at radius 2 is 2.00 bits per heavy atom. The zero-order valence-corrected chi connectivity index (χ0v) is 14.9. The first-order chi connectivity index (χ1) is 12.2. The molecule has 0 aliphatic carbocycles. The summed E-state index contributed by atoms with van der Waals surface area (Å²) >= 11 is 0. The monoisotopic (exact) mass is 371 g/mol. The first-order valence-corrected chi connectivity index (χ1v) is 8.66. The third-order valence-corrected chi connectivity index (χ3v) is 4.80. The summed E-state index contributed by atoms with van der Waals surface area (Å²) in [5.74, 6) is 1.31. The van der Waals surface area contributed by atoms with E-state index in [1.54, 1.807) is 6.07 Å². The topological polar surface area (TPSA) is 55.7 Å². The van der Waals surface area contributed by atoms with E-state index < -0.39 is 17.9 Å². The number of halogens is 3. The number of anilines is 2. The molecule has 144 valence electrons. The highest BCUT2D eigenvalue weighted by atomic mass is 19.4. The minimum absolute atomic E-state index is 0.0471. The summed E-state index contributed by atoms with van der Waals surface area (Å²) in [5, 5.41) is 10.0. The summed E-state index contributed by atoms with van der Waals surface area (Å²) in [4.78, 5) is 14.5. The highest BCUT2D eigenvalue weighted by molar-refractivity contribution is 5.52. The van der Waals surface area contributed by atoms with Gasteiger partial charge in [-0.05, 0) is 26.9 Å². The number of likely N-dealkylation sites (N-methyl/N-ethyl adjacent to an activating group) is 1. The van der Waals surface area contributed by atoms with Gasteiger partial charge >= 0.3 is 6.18 Å². The quantitative estimate of drug-likeness (QED) is 0.813. The lowest BCUT2D eigenvalue weighted by atomic mass is 10.1. The van der Waals surface area contributed by atoms with Crippen molar-refractivity contribution in [2.75, 3.05) is 50.1 Å². The summed E-state index contributed by atoms with van der Waals surface area (Å²) < 4.78 is 38.3. The number of β-amino-alcohol motifs (C(OH)–C–C–N with tert-alkyl or cyclic N) is 1. The predicted molar refractivity (Wildman–Crippen MR) is 93.3 cm³/mol. The van der Waals surface area contributed by atoms with Crippen LogP contribution in [-0.2, 0) is 0 Å². The molecular formula is C17H24F3N5O. The van der Waals surface area contributed by atoms with Crippen LogP contribution >= 0.6 is 0 Å². The third-order valence-electron chi connectivity index (χ3n) is 4.80. The number of hydrogen-bond donors (Lipinski definition) is 1. The number of aliphatic hydroxyl groups excluding tert-OH is 1. The summed E-state index contributed by atoms with van der Waals surface area (Å²) in [6, 6.07) is 1.94. The van der Waals surface area contributed by atoms with E-state index in [9.17, 15) is 18.3 Å². The Morgan fingerprint density at radius 3 is 2.62 bits per heavy atom. The highest BCUT2D eigenvalue weighted by Crippen LogP contribution is 2.32. The molecule has 0 aromatic carbocycles. The summed E-state index contributed by atoms with van der Waals surface area (Å²) in [7, 11) is 3.96. The molecule has 1 aromatic rings. The number of alkyl halides is 3. The van der Waals surface area contributed by atoms with Gasteiger partial charge in [0.05, 0.1) is 6.10 Å². The van der Waals surface area contributed by atoms with Gasteiger partial charge in [-0.15, -0.1) is 0 Å². The van der Waals surface area contributed by atoms with Crippen LogP contribution in [0.3, 0.4) is 0 Å². The van der Waals surface area contributed by atoms with Crippen LogP contribution in [0.5, 0.6) is 0 Å². The number of hydrogen-bond acceptors (Lipinski definition) is 6. The molecular weight excluding hydrogens is 347 g/mol. The lowest BCUT2D eigenvalue weighted by Crippen LogP contribution is -2.38. The second-order valence-corrected chi connectivity index (χ2v) is 7.12. The highest BCUT2D eigenvalue weighted by Gasteiger charge is 2.35. The lowest BCUT2D eigenvalue weighted by molar-refractivity contribution is -0.0944. The lowest BCUT2D eigenvalue weighted by Gasteiger charge is -2.30. The molecule has 0 radical (unpaired) electrons. The third kappa shape index (κ3) is 4.27. The predicted octanol–water partition coefficient (Wildman–Crippen LogP) is 1.68. The van der Waals surface area contributed by atoms with Gasteiger partial charge in [-0.25, -0.2) is 9.97 Å². The second-order valence-electron chi connectivity index (χ2n) is 7.12.